The van der Waals surface area contributed by atoms with Gasteiger partial charge in [0.1, 0.15) is 11.4 Å². The molecule has 0 saturated heterocycles. The molecule has 10 heteroatoms. The molecule has 0 radical (unpaired) electrons. The summed E-state index contributed by atoms with van der Waals surface area (Å²) >= 11 is 2.71. The van der Waals surface area contributed by atoms with Crippen molar-refractivity contribution >= 4 is 31.6 Å². The first-order valence-electron chi connectivity index (χ1n) is 4.34. The summed E-state index contributed by atoms with van der Waals surface area (Å²) in [4.78, 5) is -0.946. The molecule has 3 N–H and O–H groups in total. The van der Waals surface area contributed by atoms with Crippen LogP contribution in [0.4, 0.5) is 23.2 Å². The van der Waals surface area contributed by atoms with Crippen LogP contribution in [0.2, 0.25) is 0 Å². The second kappa shape index (κ2) is 5.02. The van der Waals surface area contributed by atoms with E-state index in [2.05, 4.69) is 15.9 Å². The average molecular weight is 351 g/mol. The van der Waals surface area contributed by atoms with Crippen molar-refractivity contribution < 1.29 is 26.0 Å². The van der Waals surface area contributed by atoms with Crippen LogP contribution in [0.25, 0.3) is 0 Å². The molecule has 0 aliphatic carbocycles. The van der Waals surface area contributed by atoms with Crippen LogP contribution in [0.1, 0.15) is 0 Å². The van der Waals surface area contributed by atoms with E-state index < -0.39 is 33.5 Å². The van der Waals surface area contributed by atoms with Gasteiger partial charge in [0, 0.05) is 5.69 Å². The number of nitrogens with two attached hydrogens (primary N) is 1. The molecule has 0 saturated carbocycles. The molecule has 0 atom stereocenters. The van der Waals surface area contributed by atoms with E-state index >= 15 is 0 Å². The van der Waals surface area contributed by atoms with Crippen molar-refractivity contribution in [1.29, 1.82) is 0 Å². The molecule has 0 aliphatic heterocycles. The van der Waals surface area contributed by atoms with E-state index in [1.54, 1.807) is 0 Å². The Morgan fingerprint density at radius 3 is 2.39 bits per heavy atom. The molecule has 102 valence electrons. The standard InChI is InChI=1S/C8H7BrF4N2O2S/c9-5-1-4(14)2-6(7(5)10)18(16,17)15-3-8(11,12)13/h1-2,15H,3,14H2. The monoisotopic (exact) mass is 350 g/mol. The van der Waals surface area contributed by atoms with Gasteiger partial charge in [0.2, 0.25) is 10.0 Å². The molecular weight excluding hydrogens is 344 g/mol. The maximum Gasteiger partial charge on any atom is 0.402 e. The van der Waals surface area contributed by atoms with Gasteiger partial charge in [-0.25, -0.2) is 17.5 Å². The number of alkyl halides is 3. The van der Waals surface area contributed by atoms with Crippen LogP contribution < -0.4 is 10.5 Å². The van der Waals surface area contributed by atoms with Crippen LogP contribution in [-0.2, 0) is 10.0 Å². The molecule has 0 heterocycles. The predicted octanol–water partition coefficient (Wildman–Crippen LogP) is 2.01. The molecule has 18 heavy (non-hydrogen) atoms. The highest BCUT2D eigenvalue weighted by molar-refractivity contribution is 9.10. The Bertz CT molecular complexity index is 559. The topological polar surface area (TPSA) is 72.2 Å². The summed E-state index contributed by atoms with van der Waals surface area (Å²) in [5, 5.41) is 0. The third-order valence-electron chi connectivity index (χ3n) is 1.77. The summed E-state index contributed by atoms with van der Waals surface area (Å²) in [5.41, 5.74) is 5.19. The summed E-state index contributed by atoms with van der Waals surface area (Å²) in [7, 11) is -4.62. The maximum atomic E-state index is 13.5. The molecule has 1 rings (SSSR count). The van der Waals surface area contributed by atoms with Crippen LogP contribution in [0, 0.1) is 5.82 Å². The van der Waals surface area contributed by atoms with E-state index in [4.69, 9.17) is 5.73 Å². The van der Waals surface area contributed by atoms with E-state index in [0.717, 1.165) is 12.1 Å². The van der Waals surface area contributed by atoms with Crippen LogP contribution in [0.15, 0.2) is 21.5 Å². The molecule has 0 aliphatic rings. The minimum absolute atomic E-state index is 0.101. The van der Waals surface area contributed by atoms with Crippen molar-refractivity contribution in [2.75, 3.05) is 12.3 Å². The van der Waals surface area contributed by atoms with Crippen molar-refractivity contribution in [3.05, 3.63) is 22.4 Å². The first-order valence-corrected chi connectivity index (χ1v) is 6.61. The van der Waals surface area contributed by atoms with Gasteiger partial charge in [-0.05, 0) is 28.1 Å². The van der Waals surface area contributed by atoms with Crippen molar-refractivity contribution in [1.82, 2.24) is 4.72 Å². The highest BCUT2D eigenvalue weighted by Gasteiger charge is 2.31. The number of anilines is 1. The van der Waals surface area contributed by atoms with E-state index in [0.29, 0.717) is 0 Å². The minimum Gasteiger partial charge on any atom is -0.399 e. The number of sulfonamides is 1. The summed E-state index contributed by atoms with van der Waals surface area (Å²) in [6.07, 6.45) is -4.74. The summed E-state index contributed by atoms with van der Waals surface area (Å²) < 4.78 is 73.2. The van der Waals surface area contributed by atoms with Gasteiger partial charge in [0.15, 0.2) is 5.82 Å². The summed E-state index contributed by atoms with van der Waals surface area (Å²) in [6.45, 7) is -1.79. The smallest absolute Gasteiger partial charge is 0.399 e. The lowest BCUT2D eigenvalue weighted by Gasteiger charge is -2.11. The van der Waals surface area contributed by atoms with Crippen molar-refractivity contribution in [3.63, 3.8) is 0 Å². The average Bonchev–Trinajstić information content (AvgIpc) is 2.19. The molecule has 0 fully saturated rings. The lowest BCUT2D eigenvalue weighted by molar-refractivity contribution is -0.121. The number of nitrogens with one attached hydrogen (secondary N) is 1. The molecular formula is C8H7BrF4N2O2S. The van der Waals surface area contributed by atoms with Gasteiger partial charge in [-0.3, -0.25) is 0 Å². The maximum absolute atomic E-state index is 13.5. The SMILES string of the molecule is Nc1cc(Br)c(F)c(S(=O)(=O)NCC(F)(F)F)c1. The number of nitrogen functional groups attached to an aromatic ring is 1. The fourth-order valence-electron chi connectivity index (χ4n) is 1.03. The fourth-order valence-corrected chi connectivity index (χ4v) is 2.79. The van der Waals surface area contributed by atoms with Crippen molar-refractivity contribution in [3.8, 4) is 0 Å². The summed E-state index contributed by atoms with van der Waals surface area (Å²) in [6, 6.07) is 1.83. The Kier molecular flexibility index (Phi) is 4.23. The van der Waals surface area contributed by atoms with E-state index in [1.165, 1.54) is 4.72 Å². The summed E-state index contributed by atoms with van der Waals surface area (Å²) in [5.74, 6) is -1.21. The molecule has 0 spiro atoms. The zero-order chi connectivity index (χ0) is 14.1. The largest absolute Gasteiger partial charge is 0.402 e. The molecule has 0 aromatic heterocycles. The van der Waals surface area contributed by atoms with Gasteiger partial charge in [-0.2, -0.15) is 13.2 Å². The van der Waals surface area contributed by atoms with Crippen LogP contribution in [0.5, 0.6) is 0 Å². The van der Waals surface area contributed by atoms with Gasteiger partial charge in [0.05, 0.1) is 4.47 Å². The van der Waals surface area contributed by atoms with E-state index in [9.17, 15) is 26.0 Å². The number of hydrogen-bond acceptors (Lipinski definition) is 3. The van der Waals surface area contributed by atoms with Crippen LogP contribution in [-0.4, -0.2) is 21.1 Å². The molecule has 0 amide bonds. The first kappa shape index (κ1) is 15.2. The minimum atomic E-state index is -4.74. The number of halogens is 5. The van der Waals surface area contributed by atoms with Gasteiger partial charge in [-0.1, -0.05) is 0 Å². The van der Waals surface area contributed by atoms with Crippen LogP contribution >= 0.6 is 15.9 Å². The Morgan fingerprint density at radius 2 is 1.89 bits per heavy atom. The molecule has 0 unspecified atom stereocenters. The predicted molar refractivity (Wildman–Crippen MR) is 59.8 cm³/mol. The number of hydrogen-bond donors (Lipinski definition) is 2. The number of benzene rings is 1. The molecule has 0 bridgehead atoms. The highest BCUT2D eigenvalue weighted by Crippen LogP contribution is 2.26. The Hall–Kier alpha value is -0.870. The Labute approximate surface area is 108 Å². The van der Waals surface area contributed by atoms with Gasteiger partial charge >= 0.3 is 6.18 Å². The first-order chi connectivity index (χ1) is 8.03. The Morgan fingerprint density at radius 1 is 1.33 bits per heavy atom. The van der Waals surface area contributed by atoms with Crippen LogP contribution in [0.3, 0.4) is 0 Å². The molecule has 1 aromatic rings. The van der Waals surface area contributed by atoms with Crippen molar-refractivity contribution in [2.45, 2.75) is 11.1 Å². The quantitative estimate of drug-likeness (QED) is 0.647. The van der Waals surface area contributed by atoms with Gasteiger partial charge < -0.3 is 5.73 Å². The van der Waals surface area contributed by atoms with E-state index in [1.807, 2.05) is 0 Å². The van der Waals surface area contributed by atoms with Crippen molar-refractivity contribution in [2.24, 2.45) is 0 Å². The number of rotatable bonds is 3. The third-order valence-corrected chi connectivity index (χ3v) is 3.75. The van der Waals surface area contributed by atoms with Gasteiger partial charge in [-0.15, -0.1) is 0 Å². The highest BCUT2D eigenvalue weighted by atomic mass is 79.9. The second-order valence-corrected chi connectivity index (χ2v) is 5.84. The molecule has 1 aromatic carbocycles. The second-order valence-electron chi connectivity index (χ2n) is 3.25. The van der Waals surface area contributed by atoms with Gasteiger partial charge in [0.25, 0.3) is 0 Å². The Balaban J connectivity index is 3.13. The zero-order valence-electron chi connectivity index (χ0n) is 8.55. The molecule has 4 nitrogen and oxygen atoms in total. The fraction of sp³-hybridized carbons (Fsp3) is 0.250. The van der Waals surface area contributed by atoms with E-state index in [-0.39, 0.29) is 10.2 Å². The third kappa shape index (κ3) is 3.82. The lowest BCUT2D eigenvalue weighted by atomic mass is 10.3. The normalized spacial score (nSPS) is 12.7. The lowest BCUT2D eigenvalue weighted by Crippen LogP contribution is -2.34. The zero-order valence-corrected chi connectivity index (χ0v) is 11.0.